The normalized spacial score (nSPS) is 21.1. The fraction of sp³-hybridized carbons (Fsp3) is 0.941. The zero-order valence-electron chi connectivity index (χ0n) is 15.6. The fourth-order valence-corrected chi connectivity index (χ4v) is 3.79. The summed E-state index contributed by atoms with van der Waals surface area (Å²) < 4.78 is 37.9. The SMILES string of the molecule is CCN(CC)CCN(CCC(F)(F)F)C(=O)C1CC12CCNCC2.Cl.Cl. The molecule has 0 aromatic carbocycles. The zero-order chi connectivity index (χ0) is 17.8. The number of halogens is 5. The van der Waals surface area contributed by atoms with Gasteiger partial charge in [0.1, 0.15) is 0 Å². The van der Waals surface area contributed by atoms with Crippen molar-refractivity contribution in [2.24, 2.45) is 11.3 Å². The van der Waals surface area contributed by atoms with Crippen LogP contribution in [0, 0.1) is 11.3 Å². The molecule has 0 aromatic heterocycles. The van der Waals surface area contributed by atoms with Gasteiger partial charge in [0.05, 0.1) is 6.42 Å². The first-order valence-electron chi connectivity index (χ1n) is 9.10. The van der Waals surface area contributed by atoms with E-state index in [2.05, 4.69) is 10.2 Å². The van der Waals surface area contributed by atoms with Crippen LogP contribution in [0.3, 0.4) is 0 Å². The number of carbonyl (C=O) groups is 1. The minimum Gasteiger partial charge on any atom is -0.341 e. The maximum atomic E-state index is 12.8. The van der Waals surface area contributed by atoms with E-state index in [1.807, 2.05) is 13.8 Å². The molecule has 1 saturated carbocycles. The first kappa shape index (κ1) is 25.8. The van der Waals surface area contributed by atoms with Crippen LogP contribution in [-0.4, -0.2) is 67.7 Å². The van der Waals surface area contributed by atoms with Gasteiger partial charge in [-0.05, 0) is 50.9 Å². The molecule has 0 radical (unpaired) electrons. The van der Waals surface area contributed by atoms with E-state index in [1.165, 1.54) is 4.90 Å². The molecular weight excluding hydrogens is 390 g/mol. The van der Waals surface area contributed by atoms with Crippen LogP contribution in [0.1, 0.15) is 39.5 Å². The molecule has 1 heterocycles. The number of amides is 1. The lowest BCUT2D eigenvalue weighted by Gasteiger charge is -2.29. The Labute approximate surface area is 167 Å². The molecule has 2 aliphatic rings. The lowest BCUT2D eigenvalue weighted by atomic mass is 9.91. The van der Waals surface area contributed by atoms with Gasteiger partial charge in [-0.2, -0.15) is 13.2 Å². The first-order chi connectivity index (χ1) is 11.3. The Hall–Kier alpha value is -0.240. The Morgan fingerprint density at radius 2 is 1.65 bits per heavy atom. The molecule has 0 aromatic rings. The maximum absolute atomic E-state index is 12.8. The minimum atomic E-state index is -4.22. The van der Waals surface area contributed by atoms with E-state index in [9.17, 15) is 18.0 Å². The average molecular weight is 422 g/mol. The molecule has 1 N–H and O–H groups in total. The molecule has 1 amide bonds. The summed E-state index contributed by atoms with van der Waals surface area (Å²) in [5.74, 6) is -0.127. The summed E-state index contributed by atoms with van der Waals surface area (Å²) in [5, 5.41) is 3.29. The molecule has 1 saturated heterocycles. The Kier molecular flexibility index (Phi) is 10.8. The van der Waals surface area contributed by atoms with Gasteiger partial charge in [-0.1, -0.05) is 13.8 Å². The molecular formula is C17H32Cl2F3N3O. The number of carbonyl (C=O) groups excluding carboxylic acids is 1. The van der Waals surface area contributed by atoms with Crippen molar-refractivity contribution in [3.8, 4) is 0 Å². The van der Waals surface area contributed by atoms with Crippen molar-refractivity contribution in [1.82, 2.24) is 15.1 Å². The van der Waals surface area contributed by atoms with Crippen LogP contribution in [0.25, 0.3) is 0 Å². The van der Waals surface area contributed by atoms with E-state index in [1.54, 1.807) is 0 Å². The van der Waals surface area contributed by atoms with Gasteiger partial charge < -0.3 is 15.1 Å². The van der Waals surface area contributed by atoms with Crippen molar-refractivity contribution in [1.29, 1.82) is 0 Å². The molecule has 1 aliphatic heterocycles. The van der Waals surface area contributed by atoms with Gasteiger partial charge >= 0.3 is 6.18 Å². The molecule has 1 atom stereocenters. The molecule has 0 bridgehead atoms. The summed E-state index contributed by atoms with van der Waals surface area (Å²) in [4.78, 5) is 16.4. The summed E-state index contributed by atoms with van der Waals surface area (Å²) in [5.41, 5.74) is 0.0635. The van der Waals surface area contributed by atoms with Crippen LogP contribution in [0.15, 0.2) is 0 Å². The highest BCUT2D eigenvalue weighted by atomic mass is 35.5. The number of nitrogens with one attached hydrogen (secondary N) is 1. The second kappa shape index (κ2) is 10.9. The van der Waals surface area contributed by atoms with Gasteiger partial charge in [0.25, 0.3) is 0 Å². The Morgan fingerprint density at radius 3 is 2.15 bits per heavy atom. The Balaban J connectivity index is 0.00000312. The summed E-state index contributed by atoms with van der Waals surface area (Å²) in [7, 11) is 0. The predicted molar refractivity (Wildman–Crippen MR) is 102 cm³/mol. The number of nitrogens with zero attached hydrogens (tertiary/aromatic N) is 2. The van der Waals surface area contributed by atoms with Crippen molar-refractivity contribution in [2.75, 3.05) is 45.8 Å². The van der Waals surface area contributed by atoms with Crippen molar-refractivity contribution >= 4 is 30.7 Å². The van der Waals surface area contributed by atoms with Gasteiger partial charge in [0, 0.05) is 25.6 Å². The minimum absolute atomic E-state index is 0. The van der Waals surface area contributed by atoms with Gasteiger partial charge in [-0.15, -0.1) is 24.8 Å². The topological polar surface area (TPSA) is 35.6 Å². The fourth-order valence-electron chi connectivity index (χ4n) is 3.79. The highest BCUT2D eigenvalue weighted by Crippen LogP contribution is 2.59. The van der Waals surface area contributed by atoms with Crippen LogP contribution in [0.2, 0.25) is 0 Å². The van der Waals surface area contributed by atoms with Crippen molar-refractivity contribution < 1.29 is 18.0 Å². The molecule has 4 nitrogen and oxygen atoms in total. The second-order valence-corrected chi connectivity index (χ2v) is 7.09. The van der Waals surface area contributed by atoms with Gasteiger partial charge in [-0.3, -0.25) is 4.79 Å². The van der Waals surface area contributed by atoms with E-state index >= 15 is 0 Å². The number of alkyl halides is 3. The monoisotopic (exact) mass is 421 g/mol. The lowest BCUT2D eigenvalue weighted by molar-refractivity contribution is -0.146. The third kappa shape index (κ3) is 7.06. The Bertz CT molecular complexity index is 428. The number of likely N-dealkylation sites (N-methyl/N-ethyl adjacent to an activating group) is 1. The number of hydrogen-bond donors (Lipinski definition) is 1. The maximum Gasteiger partial charge on any atom is 0.390 e. The molecule has 9 heteroatoms. The summed E-state index contributed by atoms with van der Waals surface area (Å²) in [6, 6.07) is 0. The Morgan fingerprint density at radius 1 is 1.08 bits per heavy atom. The van der Waals surface area contributed by atoms with Crippen LogP contribution >= 0.6 is 24.8 Å². The number of hydrogen-bond acceptors (Lipinski definition) is 3. The molecule has 1 spiro atoms. The van der Waals surface area contributed by atoms with Gasteiger partial charge in [0.2, 0.25) is 5.91 Å². The number of rotatable bonds is 8. The second-order valence-electron chi connectivity index (χ2n) is 7.09. The van der Waals surface area contributed by atoms with E-state index < -0.39 is 12.6 Å². The van der Waals surface area contributed by atoms with E-state index in [-0.39, 0.29) is 48.6 Å². The quantitative estimate of drug-likeness (QED) is 0.652. The van der Waals surface area contributed by atoms with E-state index in [0.29, 0.717) is 13.1 Å². The van der Waals surface area contributed by atoms with Crippen LogP contribution in [0.5, 0.6) is 0 Å². The molecule has 26 heavy (non-hydrogen) atoms. The highest BCUT2D eigenvalue weighted by molar-refractivity contribution is 5.85. The van der Waals surface area contributed by atoms with Crippen LogP contribution in [0.4, 0.5) is 13.2 Å². The smallest absolute Gasteiger partial charge is 0.341 e. The molecule has 2 rings (SSSR count). The largest absolute Gasteiger partial charge is 0.390 e. The third-order valence-electron chi connectivity index (χ3n) is 5.64. The highest BCUT2D eigenvalue weighted by Gasteiger charge is 2.58. The lowest BCUT2D eigenvalue weighted by Crippen LogP contribution is -2.42. The van der Waals surface area contributed by atoms with Crippen LogP contribution in [-0.2, 0) is 4.79 Å². The van der Waals surface area contributed by atoms with Gasteiger partial charge in [-0.25, -0.2) is 0 Å². The van der Waals surface area contributed by atoms with Crippen molar-refractivity contribution in [3.63, 3.8) is 0 Å². The predicted octanol–water partition coefficient (Wildman–Crippen LogP) is 3.34. The van der Waals surface area contributed by atoms with Crippen LogP contribution < -0.4 is 5.32 Å². The summed E-state index contributed by atoms with van der Waals surface area (Å²) >= 11 is 0. The van der Waals surface area contributed by atoms with E-state index in [0.717, 1.165) is 45.4 Å². The standard InChI is InChI=1S/C17H30F3N3O.2ClH/c1-3-22(4-2)11-12-23(10-7-17(18,19)20)15(24)14-13-16(14)5-8-21-9-6-16;;/h14,21H,3-13H2,1-2H3;2*1H. The molecule has 1 unspecified atom stereocenters. The van der Waals surface area contributed by atoms with Crippen molar-refractivity contribution in [2.45, 2.75) is 45.7 Å². The average Bonchev–Trinajstić information content (AvgIpc) is 3.23. The zero-order valence-corrected chi connectivity index (χ0v) is 17.2. The summed E-state index contributed by atoms with van der Waals surface area (Å²) in [6.07, 6.45) is -2.36. The molecule has 156 valence electrons. The van der Waals surface area contributed by atoms with Gasteiger partial charge in [0.15, 0.2) is 0 Å². The summed E-state index contributed by atoms with van der Waals surface area (Å²) in [6.45, 7) is 8.37. The molecule has 1 aliphatic carbocycles. The van der Waals surface area contributed by atoms with E-state index in [4.69, 9.17) is 0 Å². The van der Waals surface area contributed by atoms with Crippen molar-refractivity contribution in [3.05, 3.63) is 0 Å². The number of piperidine rings is 1. The first-order valence-corrected chi connectivity index (χ1v) is 9.10. The molecule has 2 fully saturated rings. The third-order valence-corrected chi connectivity index (χ3v) is 5.64.